The fraction of sp³-hybridized carbons (Fsp3) is 0.647. The van der Waals surface area contributed by atoms with Gasteiger partial charge >= 0.3 is 0 Å². The summed E-state index contributed by atoms with van der Waals surface area (Å²) in [5.41, 5.74) is 0.303. The topological polar surface area (TPSA) is 98.0 Å². The number of amides is 1. The molecule has 2 aromatic rings. The lowest BCUT2D eigenvalue weighted by atomic mass is 10.0. The summed E-state index contributed by atoms with van der Waals surface area (Å²) in [5, 5.41) is 7.06. The molecule has 134 valence electrons. The molecule has 0 atom stereocenters. The molecule has 0 radical (unpaired) electrons. The number of anilines is 1. The van der Waals surface area contributed by atoms with Gasteiger partial charge in [0.05, 0.1) is 6.20 Å². The molecule has 1 amide bonds. The summed E-state index contributed by atoms with van der Waals surface area (Å²) >= 11 is 0. The number of nitrogens with one attached hydrogen (secondary N) is 2. The van der Waals surface area contributed by atoms with E-state index in [4.69, 9.17) is 0 Å². The first-order chi connectivity index (χ1) is 12.2. The minimum atomic E-state index is -0.191. The number of nitrogens with zero attached hydrogens (tertiary/aromatic N) is 4. The fourth-order valence-electron chi connectivity index (χ4n) is 3.94. The maximum Gasteiger partial charge on any atom is 0.263 e. The van der Waals surface area contributed by atoms with Crippen molar-refractivity contribution in [2.24, 2.45) is 5.92 Å². The average molecular weight is 344 g/mol. The minimum Gasteiger partial charge on any atom is -0.339 e. The molecule has 2 aromatic heterocycles. The molecular weight excluding hydrogens is 320 g/mol. The lowest BCUT2D eigenvalue weighted by Gasteiger charge is -2.35. The monoisotopic (exact) mass is 344 g/mol. The van der Waals surface area contributed by atoms with E-state index in [2.05, 4.69) is 20.2 Å². The number of fused-ring (bicyclic) bond motifs is 1. The second kappa shape index (κ2) is 6.85. The van der Waals surface area contributed by atoms with Crippen LogP contribution in [-0.2, 0) is 4.79 Å². The smallest absolute Gasteiger partial charge is 0.263 e. The molecule has 0 spiro atoms. The van der Waals surface area contributed by atoms with Crippen LogP contribution in [0.2, 0.25) is 0 Å². The van der Waals surface area contributed by atoms with E-state index in [1.807, 2.05) is 9.80 Å². The van der Waals surface area contributed by atoms with Gasteiger partial charge in [0, 0.05) is 32.6 Å². The lowest BCUT2D eigenvalue weighted by Crippen LogP contribution is -2.49. The van der Waals surface area contributed by atoms with E-state index in [0.717, 1.165) is 12.3 Å². The number of carbonyl (C=O) groups excluding carboxylic acids is 1. The van der Waals surface area contributed by atoms with E-state index in [-0.39, 0.29) is 11.5 Å². The van der Waals surface area contributed by atoms with Gasteiger partial charge < -0.3 is 9.80 Å². The Balaban J connectivity index is 1.34. The number of hydrogen-bond acceptors (Lipinski definition) is 5. The van der Waals surface area contributed by atoms with Gasteiger partial charge in [0.1, 0.15) is 5.39 Å². The summed E-state index contributed by atoms with van der Waals surface area (Å²) in [5.74, 6) is 1.55. The molecule has 2 aliphatic rings. The third kappa shape index (κ3) is 3.38. The summed E-state index contributed by atoms with van der Waals surface area (Å²) in [6.45, 7) is 2.71. The predicted octanol–water partition coefficient (Wildman–Crippen LogP) is 1.27. The van der Waals surface area contributed by atoms with Crippen LogP contribution in [0.5, 0.6) is 0 Å². The number of hydrogen-bond donors (Lipinski definition) is 2. The fourth-order valence-corrected chi connectivity index (χ4v) is 3.94. The largest absolute Gasteiger partial charge is 0.339 e. The van der Waals surface area contributed by atoms with Crippen LogP contribution in [0.3, 0.4) is 0 Å². The van der Waals surface area contributed by atoms with E-state index in [9.17, 15) is 9.59 Å². The minimum absolute atomic E-state index is 0.191. The van der Waals surface area contributed by atoms with E-state index in [1.54, 1.807) is 0 Å². The Morgan fingerprint density at radius 1 is 1.20 bits per heavy atom. The van der Waals surface area contributed by atoms with Crippen molar-refractivity contribution in [3.05, 3.63) is 16.6 Å². The van der Waals surface area contributed by atoms with E-state index in [0.29, 0.717) is 49.6 Å². The molecule has 1 aliphatic heterocycles. The second-order valence-corrected chi connectivity index (χ2v) is 7.08. The van der Waals surface area contributed by atoms with Crippen molar-refractivity contribution in [2.75, 3.05) is 31.1 Å². The second-order valence-electron chi connectivity index (χ2n) is 7.08. The summed E-state index contributed by atoms with van der Waals surface area (Å²) in [7, 11) is 0. The zero-order chi connectivity index (χ0) is 17.2. The number of aromatic amines is 2. The number of H-pyrrole nitrogens is 2. The standard InChI is InChI=1S/C17H24N6O2/c24-14(6-5-12-3-1-2-4-12)22-7-9-23(10-8-22)17-19-15-13(11-18-21-15)16(25)20-17/h11-12H,1-10H2,(H2,18,19,20,21,25). The van der Waals surface area contributed by atoms with Crippen LogP contribution >= 0.6 is 0 Å². The molecule has 1 saturated carbocycles. The van der Waals surface area contributed by atoms with Crippen LogP contribution in [0.15, 0.2) is 11.0 Å². The molecule has 0 aromatic carbocycles. The summed E-state index contributed by atoms with van der Waals surface area (Å²) < 4.78 is 0. The van der Waals surface area contributed by atoms with Crippen LogP contribution in [-0.4, -0.2) is 57.2 Å². The van der Waals surface area contributed by atoms with Crippen molar-refractivity contribution in [2.45, 2.75) is 38.5 Å². The van der Waals surface area contributed by atoms with Gasteiger partial charge in [-0.05, 0) is 12.3 Å². The highest BCUT2D eigenvalue weighted by Gasteiger charge is 2.24. The Labute approximate surface area is 145 Å². The highest BCUT2D eigenvalue weighted by molar-refractivity contribution is 5.76. The van der Waals surface area contributed by atoms with Gasteiger partial charge in [-0.15, -0.1) is 0 Å². The molecule has 25 heavy (non-hydrogen) atoms. The van der Waals surface area contributed by atoms with Crippen molar-refractivity contribution in [1.82, 2.24) is 25.1 Å². The molecule has 2 fully saturated rings. The highest BCUT2D eigenvalue weighted by Crippen LogP contribution is 2.28. The van der Waals surface area contributed by atoms with E-state index in [1.165, 1.54) is 31.9 Å². The van der Waals surface area contributed by atoms with Gasteiger partial charge in [0.2, 0.25) is 11.9 Å². The summed E-state index contributed by atoms with van der Waals surface area (Å²) in [4.78, 5) is 35.6. The van der Waals surface area contributed by atoms with Crippen molar-refractivity contribution in [3.63, 3.8) is 0 Å². The molecule has 0 unspecified atom stereocenters. The molecule has 3 heterocycles. The van der Waals surface area contributed by atoms with Gasteiger partial charge in [0.25, 0.3) is 5.56 Å². The van der Waals surface area contributed by atoms with Gasteiger partial charge in [-0.25, -0.2) is 0 Å². The average Bonchev–Trinajstić information content (AvgIpc) is 3.31. The summed E-state index contributed by atoms with van der Waals surface area (Å²) in [6, 6.07) is 0. The molecular formula is C17H24N6O2. The Morgan fingerprint density at radius 2 is 1.96 bits per heavy atom. The van der Waals surface area contributed by atoms with Crippen LogP contribution in [0.25, 0.3) is 11.0 Å². The number of carbonyl (C=O) groups is 1. The van der Waals surface area contributed by atoms with Gasteiger partial charge in [0.15, 0.2) is 5.65 Å². The molecule has 0 bridgehead atoms. The molecule has 4 rings (SSSR count). The first kappa shape index (κ1) is 16.1. The van der Waals surface area contributed by atoms with Gasteiger partial charge in [-0.1, -0.05) is 25.7 Å². The van der Waals surface area contributed by atoms with Crippen molar-refractivity contribution < 1.29 is 4.79 Å². The third-order valence-electron chi connectivity index (χ3n) is 5.48. The molecule has 8 nitrogen and oxygen atoms in total. The Bertz CT molecular complexity index is 799. The molecule has 8 heteroatoms. The SMILES string of the molecule is O=C(CCC1CCCC1)N1CCN(c2nc3[nH]ncc3c(=O)[nH]2)CC1. The maximum absolute atomic E-state index is 12.4. The zero-order valence-electron chi connectivity index (χ0n) is 14.3. The number of aromatic nitrogens is 4. The van der Waals surface area contributed by atoms with E-state index < -0.39 is 0 Å². The zero-order valence-corrected chi connectivity index (χ0v) is 14.3. The normalized spacial score (nSPS) is 19.0. The molecule has 2 N–H and O–H groups in total. The first-order valence-electron chi connectivity index (χ1n) is 9.17. The van der Waals surface area contributed by atoms with E-state index >= 15 is 0 Å². The maximum atomic E-state index is 12.4. The lowest BCUT2D eigenvalue weighted by molar-refractivity contribution is -0.131. The molecule has 1 aliphatic carbocycles. The first-order valence-corrected chi connectivity index (χ1v) is 9.17. The van der Waals surface area contributed by atoms with Crippen molar-refractivity contribution >= 4 is 22.9 Å². The van der Waals surface area contributed by atoms with Crippen molar-refractivity contribution in [3.8, 4) is 0 Å². The van der Waals surface area contributed by atoms with Crippen LogP contribution in [0.4, 0.5) is 5.95 Å². The Hall–Kier alpha value is -2.38. The van der Waals surface area contributed by atoms with Crippen LogP contribution in [0, 0.1) is 5.92 Å². The number of piperazine rings is 1. The quantitative estimate of drug-likeness (QED) is 0.870. The summed E-state index contributed by atoms with van der Waals surface area (Å²) in [6.07, 6.45) is 8.40. The van der Waals surface area contributed by atoms with Crippen molar-refractivity contribution in [1.29, 1.82) is 0 Å². The third-order valence-corrected chi connectivity index (χ3v) is 5.48. The predicted molar refractivity (Wildman–Crippen MR) is 94.5 cm³/mol. The number of rotatable bonds is 4. The highest BCUT2D eigenvalue weighted by atomic mass is 16.2. The Morgan fingerprint density at radius 3 is 2.72 bits per heavy atom. The Kier molecular flexibility index (Phi) is 4.42. The van der Waals surface area contributed by atoms with Gasteiger partial charge in [-0.2, -0.15) is 10.1 Å². The van der Waals surface area contributed by atoms with Crippen LogP contribution in [0.1, 0.15) is 38.5 Å². The molecule has 1 saturated heterocycles. The van der Waals surface area contributed by atoms with Crippen LogP contribution < -0.4 is 10.5 Å². The van der Waals surface area contributed by atoms with Gasteiger partial charge in [-0.3, -0.25) is 19.7 Å².